The van der Waals surface area contributed by atoms with Crippen LogP contribution in [0.5, 0.6) is 11.5 Å². The van der Waals surface area contributed by atoms with Gasteiger partial charge >= 0.3 is 6.36 Å². The summed E-state index contributed by atoms with van der Waals surface area (Å²) in [5.74, 6) is -2.30. The Balaban J connectivity index is 1.81. The molecule has 1 aromatic carbocycles. The number of carbonyl (C=O) groups excluding carboxylic acids is 1. The zero-order valence-corrected chi connectivity index (χ0v) is 15.9. The minimum atomic E-state index is -5.03. The largest absolute Gasteiger partial charge is 0.573 e. The van der Waals surface area contributed by atoms with E-state index >= 15 is 0 Å². The fraction of sp³-hybridized carbons (Fsp3) is 0.211. The van der Waals surface area contributed by atoms with Gasteiger partial charge in [0.2, 0.25) is 0 Å². The summed E-state index contributed by atoms with van der Waals surface area (Å²) >= 11 is 1.09. The monoisotopic (exact) mass is 439 g/mol. The van der Waals surface area contributed by atoms with Crippen molar-refractivity contribution in [1.29, 1.82) is 0 Å². The van der Waals surface area contributed by atoms with Crippen molar-refractivity contribution >= 4 is 17.4 Å². The molecular formula is C19H13F4N3O3S. The molecule has 1 aliphatic heterocycles. The molecule has 1 aliphatic rings. The van der Waals surface area contributed by atoms with Crippen LogP contribution in [0.4, 0.5) is 17.6 Å². The highest BCUT2D eigenvalue weighted by atomic mass is 32.1. The molecule has 3 aromatic rings. The number of rotatable bonds is 4. The van der Waals surface area contributed by atoms with Crippen molar-refractivity contribution < 1.29 is 31.8 Å². The molecule has 3 heterocycles. The molecule has 30 heavy (non-hydrogen) atoms. The van der Waals surface area contributed by atoms with Gasteiger partial charge in [0.25, 0.3) is 5.91 Å². The van der Waals surface area contributed by atoms with Gasteiger partial charge in [-0.3, -0.25) is 9.78 Å². The number of nitrogens with zero attached hydrogens (tertiary/aromatic N) is 2. The molecule has 0 saturated carbocycles. The third-order valence-corrected chi connectivity index (χ3v) is 5.17. The van der Waals surface area contributed by atoms with E-state index < -0.39 is 29.4 Å². The van der Waals surface area contributed by atoms with Crippen molar-refractivity contribution in [2.75, 3.05) is 6.61 Å². The van der Waals surface area contributed by atoms with E-state index in [0.717, 1.165) is 23.7 Å². The molecule has 6 nitrogen and oxygen atoms in total. The van der Waals surface area contributed by atoms with Gasteiger partial charge in [0, 0.05) is 18.0 Å². The number of aromatic nitrogens is 2. The molecule has 156 valence electrons. The Hall–Kier alpha value is -3.21. The number of hydrogen-bond acceptors (Lipinski definition) is 6. The SMILES string of the molecule is O=C(NC1(c2ccc(OC(F)(F)F)c(F)c2)CCOc2cccnc21)c1cnsc1. The average molecular weight is 439 g/mol. The van der Waals surface area contributed by atoms with Crippen LogP contribution < -0.4 is 14.8 Å². The Morgan fingerprint density at radius 1 is 1.30 bits per heavy atom. The summed E-state index contributed by atoms with van der Waals surface area (Å²) in [6.45, 7) is 0.170. The van der Waals surface area contributed by atoms with Crippen molar-refractivity contribution in [2.24, 2.45) is 0 Å². The lowest BCUT2D eigenvalue weighted by molar-refractivity contribution is -0.275. The quantitative estimate of drug-likeness (QED) is 0.622. The third kappa shape index (κ3) is 3.80. The minimum Gasteiger partial charge on any atom is -0.491 e. The Morgan fingerprint density at radius 3 is 2.83 bits per heavy atom. The Morgan fingerprint density at radius 2 is 2.13 bits per heavy atom. The molecule has 0 spiro atoms. The molecule has 0 aliphatic carbocycles. The molecule has 0 bridgehead atoms. The van der Waals surface area contributed by atoms with E-state index in [4.69, 9.17) is 4.74 Å². The summed E-state index contributed by atoms with van der Waals surface area (Å²) in [6.07, 6.45) is -1.99. The standard InChI is InChI=1S/C19H13F4N3O3S/c20-13-8-12(3-4-14(13)29-19(21,22)23)18(26-17(27)11-9-25-30-10-11)5-7-28-15-2-1-6-24-16(15)18/h1-4,6,8-10H,5,7H2,(H,26,27). The topological polar surface area (TPSA) is 73.3 Å². The first-order valence-electron chi connectivity index (χ1n) is 8.64. The maximum Gasteiger partial charge on any atom is 0.573 e. The van der Waals surface area contributed by atoms with Crippen molar-refractivity contribution in [3.63, 3.8) is 0 Å². The van der Waals surface area contributed by atoms with E-state index in [1.165, 1.54) is 18.5 Å². The number of nitrogens with one attached hydrogen (secondary N) is 1. The number of pyridine rings is 1. The van der Waals surface area contributed by atoms with Crippen LogP contribution in [0.3, 0.4) is 0 Å². The van der Waals surface area contributed by atoms with Crippen molar-refractivity contribution in [2.45, 2.75) is 18.3 Å². The van der Waals surface area contributed by atoms with Gasteiger partial charge in [-0.25, -0.2) is 8.76 Å². The van der Waals surface area contributed by atoms with Gasteiger partial charge in [-0.1, -0.05) is 6.07 Å². The second kappa shape index (κ2) is 7.56. The average Bonchev–Trinajstić information content (AvgIpc) is 3.24. The first kappa shape index (κ1) is 20.1. The summed E-state index contributed by atoms with van der Waals surface area (Å²) in [4.78, 5) is 17.1. The number of amides is 1. The van der Waals surface area contributed by atoms with Gasteiger partial charge in [-0.2, -0.15) is 0 Å². The third-order valence-electron chi connectivity index (χ3n) is 4.58. The maximum absolute atomic E-state index is 14.5. The van der Waals surface area contributed by atoms with E-state index in [-0.39, 0.29) is 18.6 Å². The molecule has 1 amide bonds. The van der Waals surface area contributed by atoms with E-state index in [0.29, 0.717) is 17.0 Å². The van der Waals surface area contributed by atoms with Crippen LogP contribution in [-0.4, -0.2) is 28.2 Å². The molecule has 0 fully saturated rings. The zero-order chi connectivity index (χ0) is 21.4. The van der Waals surface area contributed by atoms with E-state index in [1.807, 2.05) is 0 Å². The highest BCUT2D eigenvalue weighted by Gasteiger charge is 2.43. The minimum absolute atomic E-state index is 0.170. The lowest BCUT2D eigenvalue weighted by atomic mass is 9.81. The zero-order valence-electron chi connectivity index (χ0n) is 15.1. The fourth-order valence-corrected chi connectivity index (χ4v) is 3.81. The molecule has 11 heteroatoms. The van der Waals surface area contributed by atoms with Gasteiger partial charge in [0.05, 0.1) is 18.4 Å². The predicted molar refractivity (Wildman–Crippen MR) is 97.8 cm³/mol. The number of halogens is 4. The predicted octanol–water partition coefficient (Wildman–Crippen LogP) is 4.03. The lowest BCUT2D eigenvalue weighted by Gasteiger charge is -2.39. The number of ether oxygens (including phenoxy) is 2. The van der Waals surface area contributed by atoms with Crippen LogP contribution in [0.15, 0.2) is 48.1 Å². The molecule has 0 radical (unpaired) electrons. The van der Waals surface area contributed by atoms with Crippen LogP contribution in [0.25, 0.3) is 0 Å². The summed E-state index contributed by atoms with van der Waals surface area (Å²) in [5.41, 5.74) is -0.516. The number of hydrogen-bond donors (Lipinski definition) is 1. The molecular weight excluding hydrogens is 426 g/mol. The number of benzene rings is 1. The highest BCUT2D eigenvalue weighted by molar-refractivity contribution is 7.03. The van der Waals surface area contributed by atoms with Crippen molar-refractivity contribution in [3.05, 3.63) is 70.7 Å². The van der Waals surface area contributed by atoms with Gasteiger partial charge in [-0.05, 0) is 41.4 Å². The van der Waals surface area contributed by atoms with Crippen LogP contribution in [0.2, 0.25) is 0 Å². The second-order valence-corrected chi connectivity index (χ2v) is 7.07. The number of carbonyl (C=O) groups is 1. The molecule has 1 N–H and O–H groups in total. The van der Waals surface area contributed by atoms with Crippen molar-refractivity contribution in [1.82, 2.24) is 14.7 Å². The number of alkyl halides is 3. The molecule has 2 aromatic heterocycles. The first-order chi connectivity index (χ1) is 14.3. The van der Waals surface area contributed by atoms with E-state index in [2.05, 4.69) is 19.4 Å². The Bertz CT molecular complexity index is 1080. The van der Waals surface area contributed by atoms with Gasteiger partial charge in [0.15, 0.2) is 11.6 Å². The van der Waals surface area contributed by atoms with Crippen molar-refractivity contribution in [3.8, 4) is 11.5 Å². The van der Waals surface area contributed by atoms with Crippen LogP contribution in [0.1, 0.15) is 28.0 Å². The van der Waals surface area contributed by atoms with Crippen LogP contribution in [-0.2, 0) is 5.54 Å². The smallest absolute Gasteiger partial charge is 0.491 e. The Kier molecular flexibility index (Phi) is 5.06. The van der Waals surface area contributed by atoms with E-state index in [1.54, 1.807) is 17.5 Å². The van der Waals surface area contributed by atoms with Gasteiger partial charge in [-0.15, -0.1) is 13.2 Å². The van der Waals surface area contributed by atoms with E-state index in [9.17, 15) is 22.4 Å². The fourth-order valence-electron chi connectivity index (χ4n) is 3.29. The lowest BCUT2D eigenvalue weighted by Crippen LogP contribution is -2.50. The molecule has 4 rings (SSSR count). The first-order valence-corrected chi connectivity index (χ1v) is 9.48. The summed E-state index contributed by atoms with van der Waals surface area (Å²) < 4.78 is 65.2. The second-order valence-electron chi connectivity index (χ2n) is 6.41. The number of fused-ring (bicyclic) bond motifs is 1. The van der Waals surface area contributed by atoms with Crippen LogP contribution >= 0.6 is 11.5 Å². The van der Waals surface area contributed by atoms with Gasteiger partial charge < -0.3 is 14.8 Å². The summed E-state index contributed by atoms with van der Waals surface area (Å²) in [7, 11) is 0. The Labute approximate surface area is 171 Å². The normalized spacial score (nSPS) is 18.3. The maximum atomic E-state index is 14.5. The highest BCUT2D eigenvalue weighted by Crippen LogP contribution is 2.42. The molecule has 1 atom stereocenters. The summed E-state index contributed by atoms with van der Waals surface area (Å²) in [5, 5.41) is 4.40. The summed E-state index contributed by atoms with van der Waals surface area (Å²) in [6, 6.07) is 6.32. The van der Waals surface area contributed by atoms with Gasteiger partial charge in [0.1, 0.15) is 17.0 Å². The molecule has 0 saturated heterocycles. The molecule has 1 unspecified atom stereocenters. The van der Waals surface area contributed by atoms with Crippen LogP contribution in [0, 0.1) is 5.82 Å².